The number of nitrogens with one attached hydrogen (secondary N) is 1. The largest absolute Gasteiger partial charge is 0.325 e. The second-order valence-corrected chi connectivity index (χ2v) is 5.06. The standard InChI is InChI=1S/C14H18ClNO/c1-2-3-4-5-6-11-12-9-10(15)7-8-13(12)16-14(11)17/h7-9,11H,2-6H2,1H3,(H,16,17). The van der Waals surface area contributed by atoms with E-state index in [1.807, 2.05) is 18.2 Å². The molecule has 0 aliphatic carbocycles. The van der Waals surface area contributed by atoms with Crippen LogP contribution in [0.25, 0.3) is 0 Å². The van der Waals surface area contributed by atoms with Crippen LogP contribution in [-0.4, -0.2) is 5.91 Å². The molecule has 0 spiro atoms. The molecule has 0 radical (unpaired) electrons. The van der Waals surface area contributed by atoms with Crippen molar-refractivity contribution in [2.75, 3.05) is 5.32 Å². The van der Waals surface area contributed by atoms with E-state index in [1.54, 1.807) is 0 Å². The van der Waals surface area contributed by atoms with Crippen LogP contribution in [-0.2, 0) is 4.79 Å². The Kier molecular flexibility index (Phi) is 4.06. The summed E-state index contributed by atoms with van der Waals surface area (Å²) < 4.78 is 0. The van der Waals surface area contributed by atoms with Crippen LogP contribution < -0.4 is 5.32 Å². The average Bonchev–Trinajstić information content (AvgIpc) is 2.61. The van der Waals surface area contributed by atoms with Crippen molar-refractivity contribution in [3.05, 3.63) is 28.8 Å². The van der Waals surface area contributed by atoms with Gasteiger partial charge in [-0.25, -0.2) is 0 Å². The van der Waals surface area contributed by atoms with Crippen LogP contribution in [0.1, 0.15) is 50.5 Å². The molecule has 1 unspecified atom stereocenters. The first kappa shape index (κ1) is 12.4. The highest BCUT2D eigenvalue weighted by Gasteiger charge is 2.29. The second kappa shape index (κ2) is 5.54. The van der Waals surface area contributed by atoms with Crippen molar-refractivity contribution in [2.45, 2.75) is 44.9 Å². The van der Waals surface area contributed by atoms with E-state index in [9.17, 15) is 4.79 Å². The molecule has 1 aromatic carbocycles. The van der Waals surface area contributed by atoms with Crippen molar-refractivity contribution in [1.29, 1.82) is 0 Å². The molecule has 92 valence electrons. The van der Waals surface area contributed by atoms with Gasteiger partial charge >= 0.3 is 0 Å². The normalized spacial score (nSPS) is 18.0. The molecule has 0 saturated heterocycles. The lowest BCUT2D eigenvalue weighted by Crippen LogP contribution is -2.11. The zero-order valence-corrected chi connectivity index (χ0v) is 10.9. The van der Waals surface area contributed by atoms with Crippen molar-refractivity contribution in [3.63, 3.8) is 0 Å². The van der Waals surface area contributed by atoms with Crippen LogP contribution in [0, 0.1) is 0 Å². The van der Waals surface area contributed by atoms with Crippen LogP contribution in [0.3, 0.4) is 0 Å². The Morgan fingerprint density at radius 2 is 2.12 bits per heavy atom. The van der Waals surface area contributed by atoms with Crippen molar-refractivity contribution in [1.82, 2.24) is 0 Å². The lowest BCUT2D eigenvalue weighted by molar-refractivity contribution is -0.117. The molecule has 1 atom stereocenters. The first-order chi connectivity index (χ1) is 8.22. The number of benzene rings is 1. The number of hydrogen-bond donors (Lipinski definition) is 1. The van der Waals surface area contributed by atoms with Crippen LogP contribution >= 0.6 is 11.6 Å². The topological polar surface area (TPSA) is 29.1 Å². The van der Waals surface area contributed by atoms with Crippen LogP contribution in [0.5, 0.6) is 0 Å². The van der Waals surface area contributed by atoms with Crippen molar-refractivity contribution < 1.29 is 4.79 Å². The summed E-state index contributed by atoms with van der Waals surface area (Å²) in [6, 6.07) is 5.63. The molecule has 0 bridgehead atoms. The lowest BCUT2D eigenvalue weighted by Gasteiger charge is -2.08. The van der Waals surface area contributed by atoms with Gasteiger partial charge in [-0.15, -0.1) is 0 Å². The van der Waals surface area contributed by atoms with E-state index < -0.39 is 0 Å². The molecule has 1 amide bonds. The van der Waals surface area contributed by atoms with E-state index in [0.717, 1.165) is 24.1 Å². The first-order valence-electron chi connectivity index (χ1n) is 6.32. The SMILES string of the molecule is CCCCCCC1C(=O)Nc2ccc(Cl)cc21. The molecule has 1 heterocycles. The summed E-state index contributed by atoms with van der Waals surface area (Å²) in [5.41, 5.74) is 2.00. The third-order valence-corrected chi connectivity index (χ3v) is 3.54. The molecule has 1 aliphatic rings. The maximum absolute atomic E-state index is 11.9. The third kappa shape index (κ3) is 2.81. The third-order valence-electron chi connectivity index (χ3n) is 3.31. The molecule has 0 aromatic heterocycles. The summed E-state index contributed by atoms with van der Waals surface area (Å²) in [5.74, 6) is 0.124. The van der Waals surface area contributed by atoms with Gasteiger partial charge in [0, 0.05) is 10.7 Å². The van der Waals surface area contributed by atoms with Gasteiger partial charge in [0.15, 0.2) is 0 Å². The first-order valence-corrected chi connectivity index (χ1v) is 6.70. The second-order valence-electron chi connectivity index (χ2n) is 4.62. The highest BCUT2D eigenvalue weighted by Crippen LogP contribution is 2.37. The van der Waals surface area contributed by atoms with Crippen LogP contribution in [0.15, 0.2) is 18.2 Å². The molecule has 17 heavy (non-hydrogen) atoms. The zero-order valence-electron chi connectivity index (χ0n) is 10.1. The Hall–Kier alpha value is -1.02. The molecule has 1 N–H and O–H groups in total. The van der Waals surface area contributed by atoms with E-state index in [1.165, 1.54) is 19.3 Å². The van der Waals surface area contributed by atoms with Crippen LogP contribution in [0.4, 0.5) is 5.69 Å². The highest BCUT2D eigenvalue weighted by atomic mass is 35.5. The van der Waals surface area contributed by atoms with Gasteiger partial charge in [0.1, 0.15) is 0 Å². The van der Waals surface area contributed by atoms with Crippen molar-refractivity contribution in [3.8, 4) is 0 Å². The zero-order chi connectivity index (χ0) is 12.3. The van der Waals surface area contributed by atoms with Gasteiger partial charge in [-0.05, 0) is 30.2 Å². The van der Waals surface area contributed by atoms with Gasteiger partial charge in [-0.2, -0.15) is 0 Å². The van der Waals surface area contributed by atoms with E-state index in [0.29, 0.717) is 5.02 Å². The lowest BCUT2D eigenvalue weighted by atomic mass is 9.94. The van der Waals surface area contributed by atoms with Gasteiger partial charge in [0.25, 0.3) is 0 Å². The van der Waals surface area contributed by atoms with Gasteiger partial charge in [-0.3, -0.25) is 4.79 Å². The number of rotatable bonds is 5. The average molecular weight is 252 g/mol. The Labute approximate surface area is 107 Å². The van der Waals surface area contributed by atoms with Gasteiger partial charge in [-0.1, -0.05) is 44.2 Å². The minimum Gasteiger partial charge on any atom is -0.325 e. The fraction of sp³-hybridized carbons (Fsp3) is 0.500. The highest BCUT2D eigenvalue weighted by molar-refractivity contribution is 6.31. The fourth-order valence-corrected chi connectivity index (χ4v) is 2.54. The van der Waals surface area contributed by atoms with Gasteiger partial charge < -0.3 is 5.32 Å². The molecule has 2 rings (SSSR count). The molecular formula is C14H18ClNO. The van der Waals surface area contributed by atoms with E-state index in [-0.39, 0.29) is 11.8 Å². The molecule has 1 aromatic rings. The summed E-state index contributed by atoms with van der Waals surface area (Å²) in [5, 5.41) is 3.63. The molecule has 2 nitrogen and oxygen atoms in total. The van der Waals surface area contributed by atoms with Gasteiger partial charge in [0.05, 0.1) is 5.92 Å². The minimum atomic E-state index is 0.000515. The fourth-order valence-electron chi connectivity index (χ4n) is 2.36. The van der Waals surface area contributed by atoms with E-state index in [4.69, 9.17) is 11.6 Å². The molecule has 0 fully saturated rings. The number of halogens is 1. The number of carbonyl (C=O) groups is 1. The molecule has 0 saturated carbocycles. The Morgan fingerprint density at radius 1 is 1.29 bits per heavy atom. The van der Waals surface area contributed by atoms with E-state index >= 15 is 0 Å². The maximum atomic E-state index is 11.9. The molecule has 3 heteroatoms. The summed E-state index contributed by atoms with van der Waals surface area (Å²) in [7, 11) is 0. The smallest absolute Gasteiger partial charge is 0.232 e. The minimum absolute atomic E-state index is 0.000515. The van der Waals surface area contributed by atoms with Gasteiger partial charge in [0.2, 0.25) is 5.91 Å². The number of fused-ring (bicyclic) bond motifs is 1. The summed E-state index contributed by atoms with van der Waals surface area (Å²) in [6.45, 7) is 2.19. The van der Waals surface area contributed by atoms with Crippen LogP contribution in [0.2, 0.25) is 5.02 Å². The number of amides is 1. The Morgan fingerprint density at radius 3 is 2.88 bits per heavy atom. The van der Waals surface area contributed by atoms with Crippen molar-refractivity contribution in [2.24, 2.45) is 0 Å². The Balaban J connectivity index is 2.03. The number of carbonyl (C=O) groups excluding carboxylic acids is 1. The van der Waals surface area contributed by atoms with E-state index in [2.05, 4.69) is 12.2 Å². The summed E-state index contributed by atoms with van der Waals surface area (Å²) >= 11 is 5.98. The Bertz CT molecular complexity index is 417. The van der Waals surface area contributed by atoms with Crippen molar-refractivity contribution >= 4 is 23.2 Å². The predicted octanol–water partition coefficient (Wildman–Crippen LogP) is 4.35. The predicted molar refractivity (Wildman–Crippen MR) is 71.6 cm³/mol. The quantitative estimate of drug-likeness (QED) is 0.775. The summed E-state index contributed by atoms with van der Waals surface area (Å²) in [4.78, 5) is 11.9. The number of unbranched alkanes of at least 4 members (excludes halogenated alkanes) is 3. The number of hydrogen-bond acceptors (Lipinski definition) is 1. The molecule has 1 aliphatic heterocycles. The molecular weight excluding hydrogens is 234 g/mol. The maximum Gasteiger partial charge on any atom is 0.232 e. The number of anilines is 1. The summed E-state index contributed by atoms with van der Waals surface area (Å²) in [6.07, 6.45) is 5.71. The monoisotopic (exact) mass is 251 g/mol.